The predicted molar refractivity (Wildman–Crippen MR) is 153 cm³/mol. The number of amides is 1. The van der Waals surface area contributed by atoms with Crippen LogP contribution in [-0.2, 0) is 25.1 Å². The largest absolute Gasteiger partial charge is 0.480 e. The molecule has 0 radical (unpaired) electrons. The Morgan fingerprint density at radius 1 is 0.974 bits per heavy atom. The van der Waals surface area contributed by atoms with Crippen LogP contribution in [0.1, 0.15) is 81.2 Å². The van der Waals surface area contributed by atoms with Gasteiger partial charge in [-0.15, -0.1) is 0 Å². The number of alkyl carbamates (subject to hydrolysis) is 1. The lowest BCUT2D eigenvalue weighted by atomic mass is 10.0. The Kier molecular flexibility index (Phi) is 13.6. The smallest absolute Gasteiger partial charge is 0.408 e. The van der Waals surface area contributed by atoms with E-state index in [4.69, 9.17) is 13.9 Å². The van der Waals surface area contributed by atoms with Gasteiger partial charge in [-0.05, 0) is 62.0 Å². The highest BCUT2D eigenvalue weighted by molar-refractivity contribution is 6.77. The number of carbonyl (C=O) groups excluding carboxylic acids is 1. The number of nitrogens with one attached hydrogen (secondary N) is 1. The molecule has 1 amide bonds. The Balaban J connectivity index is 3.25. The van der Waals surface area contributed by atoms with Crippen LogP contribution in [0.5, 0.6) is 0 Å². The molecule has 0 heterocycles. The molecule has 0 spiro atoms. The van der Waals surface area contributed by atoms with Gasteiger partial charge in [0.05, 0.1) is 18.3 Å². The van der Waals surface area contributed by atoms with Gasteiger partial charge in [0.2, 0.25) is 8.32 Å². The van der Waals surface area contributed by atoms with E-state index < -0.39 is 50.3 Å². The summed E-state index contributed by atoms with van der Waals surface area (Å²) in [6, 6.07) is 4.82. The van der Waals surface area contributed by atoms with Crippen LogP contribution in [0, 0.1) is 5.82 Å². The number of ether oxygens (including phenoxy) is 2. The molecule has 0 saturated heterocycles. The number of carboxylic acid groups (broad SMARTS) is 1. The van der Waals surface area contributed by atoms with Crippen molar-refractivity contribution in [3.63, 3.8) is 0 Å². The first-order chi connectivity index (χ1) is 17.9. The number of aliphatic carboxylic acids is 1. The normalized spacial score (nSPS) is 15.8. The summed E-state index contributed by atoms with van der Waals surface area (Å²) < 4.78 is 32.0. The van der Waals surface area contributed by atoms with E-state index in [2.05, 4.69) is 46.9 Å². The van der Waals surface area contributed by atoms with E-state index in [1.807, 2.05) is 0 Å². The molecule has 0 bridgehead atoms. The van der Waals surface area contributed by atoms with Gasteiger partial charge in [0.1, 0.15) is 17.5 Å². The third-order valence-corrected chi connectivity index (χ3v) is 13.1. The van der Waals surface area contributed by atoms with Crippen molar-refractivity contribution in [3.8, 4) is 0 Å². The zero-order valence-electron chi connectivity index (χ0n) is 25.3. The lowest BCUT2D eigenvalue weighted by Crippen LogP contribution is -2.55. The molecule has 224 valence electrons. The molecule has 1 aromatic rings. The molecular formula is C29H50FNO7Si. The maximum Gasteiger partial charge on any atom is 0.408 e. The lowest BCUT2D eigenvalue weighted by Gasteiger charge is -2.46. The number of aliphatic hydroxyl groups is 1. The minimum atomic E-state index is -2.43. The zero-order chi connectivity index (χ0) is 30.1. The number of aliphatic hydroxyl groups excluding tert-OH is 1. The van der Waals surface area contributed by atoms with Gasteiger partial charge in [0.15, 0.2) is 0 Å². The molecule has 39 heavy (non-hydrogen) atoms. The van der Waals surface area contributed by atoms with Crippen molar-refractivity contribution in [3.05, 3.63) is 35.6 Å². The number of hydrogen-bond donors (Lipinski definition) is 3. The van der Waals surface area contributed by atoms with E-state index in [-0.39, 0.29) is 35.5 Å². The average molecular weight is 572 g/mol. The fourth-order valence-electron chi connectivity index (χ4n) is 5.30. The van der Waals surface area contributed by atoms with Gasteiger partial charge in [-0.2, -0.15) is 0 Å². The van der Waals surface area contributed by atoms with Crippen molar-refractivity contribution in [1.29, 1.82) is 0 Å². The van der Waals surface area contributed by atoms with Crippen molar-refractivity contribution in [2.75, 3.05) is 6.61 Å². The quantitative estimate of drug-likeness (QED) is 0.219. The number of carboxylic acids is 1. The topological polar surface area (TPSA) is 114 Å². The van der Waals surface area contributed by atoms with Crippen molar-refractivity contribution < 1.29 is 38.1 Å². The van der Waals surface area contributed by atoms with Crippen molar-refractivity contribution >= 4 is 20.4 Å². The molecule has 0 saturated carbocycles. The summed E-state index contributed by atoms with van der Waals surface area (Å²) in [7, 11) is -2.43. The molecule has 4 atom stereocenters. The lowest BCUT2D eigenvalue weighted by molar-refractivity contribution is -0.140. The van der Waals surface area contributed by atoms with Crippen LogP contribution in [0.15, 0.2) is 24.3 Å². The van der Waals surface area contributed by atoms with Gasteiger partial charge in [0, 0.05) is 19.4 Å². The summed E-state index contributed by atoms with van der Waals surface area (Å²) in [5.74, 6) is -1.57. The van der Waals surface area contributed by atoms with E-state index in [1.54, 1.807) is 39.8 Å². The van der Waals surface area contributed by atoms with Gasteiger partial charge < -0.3 is 29.4 Å². The molecule has 1 rings (SSSR count). The average Bonchev–Trinajstić information content (AvgIpc) is 2.77. The number of rotatable bonds is 15. The second-order valence-corrected chi connectivity index (χ2v) is 17.6. The van der Waals surface area contributed by atoms with Crippen LogP contribution >= 0.6 is 0 Å². The Morgan fingerprint density at radius 3 is 1.90 bits per heavy atom. The minimum Gasteiger partial charge on any atom is -0.480 e. The molecule has 0 aliphatic carbocycles. The maximum atomic E-state index is 13.6. The minimum absolute atomic E-state index is 0.0230. The molecule has 0 aliphatic rings. The van der Waals surface area contributed by atoms with Gasteiger partial charge in [-0.1, -0.05) is 53.7 Å². The molecule has 3 N–H and O–H groups in total. The second-order valence-electron chi connectivity index (χ2n) is 12.2. The van der Waals surface area contributed by atoms with Gasteiger partial charge in [-0.25, -0.2) is 14.0 Å². The molecule has 0 aliphatic heterocycles. The Hall–Kier alpha value is -2.01. The first kappa shape index (κ1) is 35.0. The van der Waals surface area contributed by atoms with Crippen LogP contribution in [0.3, 0.4) is 0 Å². The zero-order valence-corrected chi connectivity index (χ0v) is 26.3. The molecule has 8 nitrogen and oxygen atoms in total. The summed E-state index contributed by atoms with van der Waals surface area (Å²) in [4.78, 5) is 24.0. The monoisotopic (exact) mass is 571 g/mol. The number of benzene rings is 1. The number of carbonyl (C=O) groups is 2. The Bertz CT molecular complexity index is 878. The van der Waals surface area contributed by atoms with Crippen molar-refractivity contribution in [2.45, 2.75) is 129 Å². The van der Waals surface area contributed by atoms with Crippen LogP contribution in [0.4, 0.5) is 9.18 Å². The highest BCUT2D eigenvalue weighted by Crippen LogP contribution is 2.44. The van der Waals surface area contributed by atoms with Crippen LogP contribution < -0.4 is 5.32 Å². The van der Waals surface area contributed by atoms with Gasteiger partial charge >= 0.3 is 12.1 Å². The third kappa shape index (κ3) is 10.8. The fourth-order valence-corrected chi connectivity index (χ4v) is 10.9. The van der Waals surface area contributed by atoms with E-state index in [9.17, 15) is 24.2 Å². The summed E-state index contributed by atoms with van der Waals surface area (Å²) >= 11 is 0. The first-order valence-corrected chi connectivity index (χ1v) is 16.0. The molecule has 0 fully saturated rings. The molecule has 0 aromatic heterocycles. The molecule has 10 heteroatoms. The molecular weight excluding hydrogens is 521 g/mol. The second kappa shape index (κ2) is 15.1. The van der Waals surface area contributed by atoms with Crippen LogP contribution in [0.25, 0.3) is 0 Å². The maximum absolute atomic E-state index is 13.6. The molecule has 1 unspecified atom stereocenters. The summed E-state index contributed by atoms with van der Waals surface area (Å²) in [5.41, 5.74) is 0.813. The van der Waals surface area contributed by atoms with E-state index in [0.717, 1.165) is 5.56 Å². The number of halogens is 1. The van der Waals surface area contributed by atoms with Crippen molar-refractivity contribution in [1.82, 2.24) is 5.32 Å². The SMILES string of the molecule is CC(C)[Si](O[C@@H]([C@H](C)O)[C@@H](Cc1ccc(F)cc1)OCCC(NC(=O)OC(C)(C)C)C(=O)O)(C(C)C)C(C)C. The van der Waals surface area contributed by atoms with E-state index in [1.165, 1.54) is 12.1 Å². The standard InChI is InChI=1S/C29H50FNO7Si/c1-18(2)39(19(3)4,20(5)6)38-26(21(7)32)25(17-22-11-13-23(30)14-12-22)36-16-15-24(27(33)34)31-28(35)37-29(8,9)10/h11-14,18-21,24-26,32H,15-17H2,1-10H3,(H,31,35)(H,33,34)/t21-,24?,25+,26-/m0/s1. The third-order valence-electron chi connectivity index (χ3n) is 6.97. The summed E-state index contributed by atoms with van der Waals surface area (Å²) in [5, 5.41) is 23.0. The van der Waals surface area contributed by atoms with Gasteiger partial charge in [0.25, 0.3) is 0 Å². The van der Waals surface area contributed by atoms with Gasteiger partial charge in [-0.3, -0.25) is 0 Å². The van der Waals surface area contributed by atoms with E-state index in [0.29, 0.717) is 6.42 Å². The Morgan fingerprint density at radius 2 is 1.49 bits per heavy atom. The fraction of sp³-hybridized carbons (Fsp3) is 0.724. The predicted octanol–water partition coefficient (Wildman–Crippen LogP) is 6.06. The summed E-state index contributed by atoms with van der Waals surface area (Å²) in [6.07, 6.45) is -2.75. The highest BCUT2D eigenvalue weighted by atomic mass is 28.4. The van der Waals surface area contributed by atoms with Crippen LogP contribution in [0.2, 0.25) is 16.6 Å². The van der Waals surface area contributed by atoms with Crippen LogP contribution in [-0.4, -0.2) is 67.2 Å². The van der Waals surface area contributed by atoms with E-state index >= 15 is 0 Å². The number of hydrogen-bond acceptors (Lipinski definition) is 6. The van der Waals surface area contributed by atoms with Crippen molar-refractivity contribution in [2.24, 2.45) is 0 Å². The molecule has 1 aromatic carbocycles. The highest BCUT2D eigenvalue weighted by Gasteiger charge is 2.48. The Labute approximate surface area is 234 Å². The first-order valence-electron chi connectivity index (χ1n) is 13.8. The summed E-state index contributed by atoms with van der Waals surface area (Å²) in [6.45, 7) is 19.6.